The molecule has 126 valence electrons. The highest BCUT2D eigenvalue weighted by atomic mass is 35.5. The second-order valence-electron chi connectivity index (χ2n) is 5.95. The van der Waals surface area contributed by atoms with Crippen molar-refractivity contribution in [2.24, 2.45) is 0 Å². The molecule has 0 N–H and O–H groups in total. The van der Waals surface area contributed by atoms with E-state index in [2.05, 4.69) is 0 Å². The largest absolute Gasteiger partial charge is 0.493 e. The highest BCUT2D eigenvalue weighted by Gasteiger charge is 2.27. The van der Waals surface area contributed by atoms with Crippen molar-refractivity contribution in [3.63, 3.8) is 0 Å². The summed E-state index contributed by atoms with van der Waals surface area (Å²) in [6.07, 6.45) is 0.524. The molecular weight excluding hydrogens is 326 g/mol. The third kappa shape index (κ3) is 4.42. The Balaban J connectivity index is 1.48. The number of ether oxygens (including phenoxy) is 2. The van der Waals surface area contributed by atoms with Gasteiger partial charge in [-0.3, -0.25) is 0 Å². The number of halogens is 1. The molecule has 0 spiro atoms. The zero-order valence-electron chi connectivity index (χ0n) is 13.6. The molecule has 1 unspecified atom stereocenters. The van der Waals surface area contributed by atoms with Crippen LogP contribution in [0.3, 0.4) is 0 Å². The number of hydrogen-bond donors (Lipinski definition) is 0. The van der Waals surface area contributed by atoms with Gasteiger partial charge in [0.25, 0.3) is 0 Å². The van der Waals surface area contributed by atoms with Gasteiger partial charge in [-0.05, 0) is 42.3 Å². The minimum Gasteiger partial charge on any atom is -0.493 e. The smallest absolute Gasteiger partial charge is 0.410 e. The summed E-state index contributed by atoms with van der Waals surface area (Å²) in [5.41, 5.74) is 2.21. The Kier molecular flexibility index (Phi) is 5.26. The molecule has 0 bridgehead atoms. The maximum atomic E-state index is 11.6. The fraction of sp³-hybridized carbons (Fsp3) is 0.316. The van der Waals surface area contributed by atoms with Crippen molar-refractivity contribution in [2.45, 2.75) is 26.0 Å². The number of nitrogens with zero attached hydrogens (tertiary/aromatic N) is 1. The van der Waals surface area contributed by atoms with Crippen molar-refractivity contribution in [3.8, 4) is 5.75 Å². The molecule has 1 atom stereocenters. The van der Waals surface area contributed by atoms with E-state index in [4.69, 9.17) is 21.1 Å². The Morgan fingerprint density at radius 1 is 1.21 bits per heavy atom. The summed E-state index contributed by atoms with van der Waals surface area (Å²) in [5.74, 6) is 0.818. The standard InChI is InChI=1S/C19H20ClNO3/c1-14-12-21(19(22)24-14)13-16-5-7-18(8-6-16)23-10-9-15-3-2-4-17(20)11-15/h2-8,11,14H,9-10,12-13H2,1H3. The molecule has 2 aromatic carbocycles. The molecule has 0 radical (unpaired) electrons. The number of carbonyl (C=O) groups excluding carboxylic acids is 1. The van der Waals surface area contributed by atoms with Crippen LogP contribution in [0.2, 0.25) is 5.02 Å². The minimum atomic E-state index is -0.246. The van der Waals surface area contributed by atoms with Crippen molar-refractivity contribution in [2.75, 3.05) is 13.2 Å². The van der Waals surface area contributed by atoms with Gasteiger partial charge in [0.05, 0.1) is 13.2 Å². The van der Waals surface area contributed by atoms with Gasteiger partial charge in [-0.2, -0.15) is 0 Å². The van der Waals surface area contributed by atoms with Crippen LogP contribution < -0.4 is 4.74 Å². The number of amides is 1. The minimum absolute atomic E-state index is 0.0356. The molecule has 3 rings (SSSR count). The van der Waals surface area contributed by atoms with Crippen LogP contribution >= 0.6 is 11.6 Å². The number of rotatable bonds is 6. The first kappa shape index (κ1) is 16.7. The topological polar surface area (TPSA) is 38.8 Å². The second-order valence-corrected chi connectivity index (χ2v) is 6.38. The molecule has 24 heavy (non-hydrogen) atoms. The van der Waals surface area contributed by atoms with Crippen molar-refractivity contribution < 1.29 is 14.3 Å². The molecule has 4 nitrogen and oxygen atoms in total. The summed E-state index contributed by atoms with van der Waals surface area (Å²) >= 11 is 5.97. The summed E-state index contributed by atoms with van der Waals surface area (Å²) < 4.78 is 10.9. The van der Waals surface area contributed by atoms with Gasteiger partial charge < -0.3 is 14.4 Å². The van der Waals surface area contributed by atoms with Gasteiger partial charge in [0.15, 0.2) is 0 Å². The first-order chi connectivity index (χ1) is 11.6. The van der Waals surface area contributed by atoms with E-state index in [0.29, 0.717) is 19.7 Å². The number of cyclic esters (lactones) is 1. The number of carbonyl (C=O) groups is 1. The zero-order chi connectivity index (χ0) is 16.9. The lowest BCUT2D eigenvalue weighted by molar-refractivity contribution is 0.137. The van der Waals surface area contributed by atoms with Gasteiger partial charge in [0.2, 0.25) is 0 Å². The van der Waals surface area contributed by atoms with E-state index in [1.807, 2.05) is 55.5 Å². The van der Waals surface area contributed by atoms with Gasteiger partial charge in [0.1, 0.15) is 11.9 Å². The van der Waals surface area contributed by atoms with Crippen LogP contribution in [0.1, 0.15) is 18.1 Å². The molecule has 0 aromatic heterocycles. The van der Waals surface area contributed by atoms with Crippen LogP contribution in [-0.4, -0.2) is 30.2 Å². The van der Waals surface area contributed by atoms with Gasteiger partial charge >= 0.3 is 6.09 Å². The molecule has 1 aliphatic heterocycles. The van der Waals surface area contributed by atoms with E-state index in [0.717, 1.165) is 28.3 Å². The fourth-order valence-electron chi connectivity index (χ4n) is 2.69. The normalized spacial score (nSPS) is 17.0. The Hall–Kier alpha value is -2.20. The predicted molar refractivity (Wildman–Crippen MR) is 93.4 cm³/mol. The van der Waals surface area contributed by atoms with Crippen molar-refractivity contribution in [3.05, 3.63) is 64.7 Å². The highest BCUT2D eigenvalue weighted by Crippen LogP contribution is 2.18. The van der Waals surface area contributed by atoms with Crippen LogP contribution in [0.15, 0.2) is 48.5 Å². The Morgan fingerprint density at radius 3 is 2.67 bits per heavy atom. The zero-order valence-corrected chi connectivity index (χ0v) is 14.3. The SMILES string of the molecule is CC1CN(Cc2ccc(OCCc3cccc(Cl)c3)cc2)C(=O)O1. The molecule has 5 heteroatoms. The van der Waals surface area contributed by atoms with E-state index in [1.165, 1.54) is 0 Å². The van der Waals surface area contributed by atoms with Gasteiger partial charge in [0, 0.05) is 18.0 Å². The summed E-state index contributed by atoms with van der Waals surface area (Å²) in [7, 11) is 0. The Labute approximate surface area is 146 Å². The quantitative estimate of drug-likeness (QED) is 0.783. The molecular formula is C19H20ClNO3. The fourth-order valence-corrected chi connectivity index (χ4v) is 2.90. The maximum absolute atomic E-state index is 11.6. The lowest BCUT2D eigenvalue weighted by atomic mass is 10.1. The monoisotopic (exact) mass is 345 g/mol. The summed E-state index contributed by atoms with van der Waals surface area (Å²) in [5, 5.41) is 0.742. The Morgan fingerprint density at radius 2 is 2.00 bits per heavy atom. The second kappa shape index (κ2) is 7.58. The molecule has 1 heterocycles. The molecule has 1 aliphatic rings. The lowest BCUT2D eigenvalue weighted by Gasteiger charge is -2.13. The average molecular weight is 346 g/mol. The van der Waals surface area contributed by atoms with Crippen LogP contribution in [0.5, 0.6) is 5.75 Å². The van der Waals surface area contributed by atoms with Crippen molar-refractivity contribution in [1.82, 2.24) is 4.90 Å². The highest BCUT2D eigenvalue weighted by molar-refractivity contribution is 6.30. The van der Waals surface area contributed by atoms with Crippen LogP contribution in [0.25, 0.3) is 0 Å². The van der Waals surface area contributed by atoms with Crippen molar-refractivity contribution in [1.29, 1.82) is 0 Å². The summed E-state index contributed by atoms with van der Waals surface area (Å²) in [4.78, 5) is 13.3. The number of benzene rings is 2. The number of hydrogen-bond acceptors (Lipinski definition) is 3. The first-order valence-electron chi connectivity index (χ1n) is 8.02. The maximum Gasteiger partial charge on any atom is 0.410 e. The molecule has 1 amide bonds. The van der Waals surface area contributed by atoms with E-state index in [9.17, 15) is 4.79 Å². The first-order valence-corrected chi connectivity index (χ1v) is 8.40. The van der Waals surface area contributed by atoms with E-state index < -0.39 is 0 Å². The third-order valence-electron chi connectivity index (χ3n) is 3.88. The summed E-state index contributed by atoms with van der Waals surface area (Å²) in [6.45, 7) is 3.69. The van der Waals surface area contributed by atoms with Gasteiger partial charge in [-0.25, -0.2) is 4.79 Å². The molecule has 1 saturated heterocycles. The molecule has 0 aliphatic carbocycles. The van der Waals surface area contributed by atoms with Crippen molar-refractivity contribution >= 4 is 17.7 Å². The van der Waals surface area contributed by atoms with Crippen LogP contribution in [0.4, 0.5) is 4.79 Å². The van der Waals surface area contributed by atoms with Gasteiger partial charge in [-0.1, -0.05) is 35.9 Å². The van der Waals surface area contributed by atoms with E-state index in [1.54, 1.807) is 4.90 Å². The molecule has 0 saturated carbocycles. The summed E-state index contributed by atoms with van der Waals surface area (Å²) in [6, 6.07) is 15.6. The molecule has 2 aromatic rings. The van der Waals surface area contributed by atoms with E-state index >= 15 is 0 Å². The van der Waals surface area contributed by atoms with E-state index in [-0.39, 0.29) is 12.2 Å². The van der Waals surface area contributed by atoms with Gasteiger partial charge in [-0.15, -0.1) is 0 Å². The van der Waals surface area contributed by atoms with Crippen LogP contribution in [0, 0.1) is 0 Å². The Bertz CT molecular complexity index is 702. The third-order valence-corrected chi connectivity index (χ3v) is 4.12. The average Bonchev–Trinajstić information content (AvgIpc) is 2.87. The predicted octanol–water partition coefficient (Wildman–Crippen LogP) is 4.30. The van der Waals surface area contributed by atoms with Crippen LogP contribution in [-0.2, 0) is 17.7 Å². The lowest BCUT2D eigenvalue weighted by Crippen LogP contribution is -2.24. The molecule has 1 fully saturated rings.